The van der Waals surface area contributed by atoms with Crippen LogP contribution in [0.1, 0.15) is 77.6 Å². The molecule has 33 heteroatoms. The number of nitrogens with zero attached hydrogens (tertiary/aromatic N) is 15. The van der Waals surface area contributed by atoms with Crippen LogP contribution in [0.4, 0.5) is 0 Å². The van der Waals surface area contributed by atoms with Gasteiger partial charge in [0.1, 0.15) is 24.8 Å². The minimum absolute atomic E-state index is 0.400. The lowest BCUT2D eigenvalue weighted by atomic mass is 9.78. The van der Waals surface area contributed by atoms with Gasteiger partial charge >= 0.3 is 14.2 Å². The maximum Gasteiger partial charge on any atom is 0.494 e. The van der Waals surface area contributed by atoms with Crippen molar-refractivity contribution in [2.75, 3.05) is 13.2 Å². The van der Waals surface area contributed by atoms with Crippen LogP contribution in [0.2, 0.25) is 51.4 Å². The van der Waals surface area contributed by atoms with Crippen molar-refractivity contribution in [3.05, 3.63) is 300 Å². The third-order valence-electron chi connectivity index (χ3n) is 22.1. The van der Waals surface area contributed by atoms with E-state index in [4.69, 9.17) is 49.0 Å². The number of pyridine rings is 9. The topological polar surface area (TPSA) is 286 Å². The molecule has 1 aliphatic heterocycles. The van der Waals surface area contributed by atoms with Crippen molar-refractivity contribution in [3.63, 3.8) is 0 Å². The molecule has 0 unspecified atom stereocenters. The molecule has 4 aromatic carbocycles. The molecule has 14 heterocycles. The summed E-state index contributed by atoms with van der Waals surface area (Å²) in [5.74, 6) is 1.49. The van der Waals surface area contributed by atoms with Gasteiger partial charge in [0.15, 0.2) is 11.6 Å². The number of rotatable bonds is 22. The molecule has 1 fully saturated rings. The second kappa shape index (κ2) is 47.5. The molecular weight excluding hydrogens is 2080 g/mol. The third kappa shape index (κ3) is 27.1. The second-order valence-corrected chi connectivity index (χ2v) is 50.9. The molecule has 0 radical (unpaired) electrons. The van der Waals surface area contributed by atoms with Crippen LogP contribution in [0.15, 0.2) is 278 Å². The zero-order valence-electron chi connectivity index (χ0n) is 76.4. The molecule has 13 aromatic heterocycles. The number of benzene rings is 4. The fraction of sp³-hybridized carbons (Fsp3) is 0.263. The Labute approximate surface area is 824 Å². The van der Waals surface area contributed by atoms with Crippen LogP contribution in [0.25, 0.3) is 111 Å². The quantitative estimate of drug-likeness (QED) is 0.0362. The highest BCUT2D eigenvalue weighted by Crippen LogP contribution is 2.40. The Balaban J connectivity index is 0.000000152. The second-order valence-electron chi connectivity index (χ2n) is 34.4. The molecule has 1 aliphatic rings. The lowest BCUT2D eigenvalue weighted by molar-refractivity contribution is 0.00578. The van der Waals surface area contributed by atoms with Crippen LogP contribution < -0.4 is 10.9 Å². The van der Waals surface area contributed by atoms with E-state index < -0.39 is 41.6 Å². The molecule has 132 heavy (non-hydrogen) atoms. The van der Waals surface area contributed by atoms with Crippen molar-refractivity contribution in [1.82, 2.24) is 84.4 Å². The van der Waals surface area contributed by atoms with Crippen LogP contribution in [0.5, 0.6) is 0 Å². The van der Waals surface area contributed by atoms with Crippen molar-refractivity contribution in [2.24, 2.45) is 0 Å². The zero-order valence-corrected chi connectivity index (χ0v) is 87.9. The van der Waals surface area contributed by atoms with E-state index >= 15 is 0 Å². The van der Waals surface area contributed by atoms with E-state index in [9.17, 15) is 0 Å². The summed E-state index contributed by atoms with van der Waals surface area (Å²) >= 11 is 20.4. The number of para-hydroxylation sites is 4. The lowest BCUT2D eigenvalue weighted by Gasteiger charge is -2.32. The summed E-state index contributed by atoms with van der Waals surface area (Å²) in [5, 5.41) is 29.1. The molecule has 0 amide bonds. The maximum atomic E-state index is 8.55. The smallest absolute Gasteiger partial charge is 0.423 e. The number of aromatic amines is 2. The average Bonchev–Trinajstić information content (AvgIpc) is 1.60. The van der Waals surface area contributed by atoms with Gasteiger partial charge in [0.2, 0.25) is 0 Å². The summed E-state index contributed by atoms with van der Waals surface area (Å²) in [6.45, 7) is 33.3. The number of fused-ring (bicyclic) bond motifs is 4. The van der Waals surface area contributed by atoms with E-state index in [-0.39, 0.29) is 0 Å². The van der Waals surface area contributed by atoms with E-state index in [1.807, 2.05) is 162 Å². The fourth-order valence-corrected chi connectivity index (χ4v) is 19.5. The van der Waals surface area contributed by atoms with Gasteiger partial charge in [-0.25, -0.2) is 19.3 Å². The Bertz CT molecular complexity index is 6430. The van der Waals surface area contributed by atoms with Crippen molar-refractivity contribution >= 4 is 181 Å². The average molecular weight is 2190 g/mol. The lowest BCUT2D eigenvalue weighted by Crippen LogP contribution is -2.41. The van der Waals surface area contributed by atoms with Gasteiger partial charge in [0, 0.05) is 201 Å². The predicted molar refractivity (Wildman–Crippen MR) is 561 cm³/mol. The van der Waals surface area contributed by atoms with Crippen LogP contribution in [0.3, 0.4) is 0 Å². The molecule has 23 nitrogen and oxygen atoms in total. The van der Waals surface area contributed by atoms with Crippen LogP contribution in [-0.4, -0.2) is 149 Å². The molecule has 4 N–H and O–H groups in total. The number of H-pyrrole nitrogens is 2. The number of ether oxygens (including phenoxy) is 2. The van der Waals surface area contributed by atoms with Gasteiger partial charge < -0.3 is 38.8 Å². The molecule has 18 rings (SSSR count). The molecule has 17 aromatic rings. The number of halogens is 6. The van der Waals surface area contributed by atoms with Gasteiger partial charge in [-0.2, -0.15) is 10.2 Å². The van der Waals surface area contributed by atoms with Crippen molar-refractivity contribution < 1.29 is 28.8 Å². The summed E-state index contributed by atoms with van der Waals surface area (Å²) in [6, 6.07) is 48.2. The molecule has 0 atom stereocenters. The van der Waals surface area contributed by atoms with Crippen molar-refractivity contribution in [1.29, 1.82) is 0 Å². The standard InChI is InChI=1S/C32H34N6OSi.C26H35BN4O3Si.2C12H11BrN2.C7H7Br2N.C5H6BNO2.C5H3Br2N/c1-5-24-26(22-12-14-33-15-13-22)19-34-20-27(24)23-10-11-30-25(18-23)31(32-35-28-8-6-7-9-29(28)36-32)37-38(30)21-39-16-17-40(2,3)4;1-25(2)26(3,4)34-27(33-25)18-12-13-22-19(16-18)23(24-28-20-10-8-9-11-21(20)29-24)30-31(22)17-32-14-15-35(5,6)7;2*1-2-10-11(7-15-8-12(10)13)9-3-5-14-6-4-9;1-2-5-6(8)3-10-4-7(5)9;8-6(9)5-1-3-7-4-2-5;6-4-1-5(7)3-8-2-4/h6-15,18-20H,5,16-17,21H2,1-4H3,(H,35,36);8-13,16H,14-15,17H2,1-7H3,(H,28,29);2*3-8H,2H2,1H3;3-4H,2H2,1H3;1-4,8-9H;1-3H. The van der Waals surface area contributed by atoms with Gasteiger partial charge in [0.25, 0.3) is 0 Å². The summed E-state index contributed by atoms with van der Waals surface area (Å²) < 4.78 is 35.0. The molecule has 0 aliphatic carbocycles. The normalized spacial score (nSPS) is 12.6. The first-order valence-corrected chi connectivity index (χ1v) is 55.7. The van der Waals surface area contributed by atoms with E-state index in [1.54, 1.807) is 49.3 Å². The summed E-state index contributed by atoms with van der Waals surface area (Å²) in [4.78, 5) is 53.5. The summed E-state index contributed by atoms with van der Waals surface area (Å²) in [6.07, 6.45) is 36.2. The number of nitrogens with one attached hydrogen (secondary N) is 2. The van der Waals surface area contributed by atoms with Gasteiger partial charge in [-0.1, -0.05) is 109 Å². The highest BCUT2D eigenvalue weighted by molar-refractivity contribution is 9.11. The third-order valence-corrected chi connectivity index (χ3v) is 29.1. The van der Waals surface area contributed by atoms with Gasteiger partial charge in [-0.3, -0.25) is 44.9 Å². The maximum absolute atomic E-state index is 8.55. The monoisotopic (exact) mass is 2180 g/mol. The SMILES string of the molecule is Brc1cncc(Br)c1.CC1(C)OB(c2ccc3c(c2)c(-c2nc4ccccc4[nH]2)nn3COCC[Si](C)(C)C)OC1(C)C.CCc1c(-c2ccncc2)cncc1-c1ccc2c(c1)c(-c1nc3ccccc3[nH]1)nn2COCC[Si](C)(C)C.CCc1c(Br)cncc1-c1ccncc1.CCc1c(Br)cncc1-c1ccncc1.CCc1c(Br)cncc1Br.OB(O)c1ccncc1. The van der Waals surface area contributed by atoms with Crippen molar-refractivity contribution in [3.8, 4) is 67.5 Å². The Morgan fingerprint density at radius 3 is 1.13 bits per heavy atom. The summed E-state index contributed by atoms with van der Waals surface area (Å²) in [5.41, 5.74) is 22.3. The fourth-order valence-electron chi connectivity index (χ4n) is 14.2. The Hall–Kier alpha value is -9.69. The van der Waals surface area contributed by atoms with Crippen LogP contribution in [0, 0.1) is 0 Å². The predicted octanol–water partition coefficient (Wildman–Crippen LogP) is 24.2. The number of hydrogen-bond donors (Lipinski definition) is 4. The Morgan fingerprint density at radius 1 is 0.402 bits per heavy atom. The van der Waals surface area contributed by atoms with E-state index in [1.165, 1.54) is 45.8 Å². The number of imidazole rings is 2. The molecule has 1 saturated heterocycles. The summed E-state index contributed by atoms with van der Waals surface area (Å²) in [7, 11) is -4.16. The van der Waals surface area contributed by atoms with E-state index in [2.05, 4.69) is 281 Å². The zero-order chi connectivity index (χ0) is 94.3. The minimum Gasteiger partial charge on any atom is -0.423 e. The van der Waals surface area contributed by atoms with E-state index in [0.29, 0.717) is 18.9 Å². The molecular formula is C99H107B2Br6N17O6Si2. The van der Waals surface area contributed by atoms with Gasteiger partial charge in [-0.05, 0) is 314 Å². The number of aromatic nitrogens is 17. The van der Waals surface area contributed by atoms with E-state index in [0.717, 1.165) is 184 Å². The molecule has 0 spiro atoms. The highest BCUT2D eigenvalue weighted by atomic mass is 79.9. The van der Waals surface area contributed by atoms with Gasteiger partial charge in [-0.15, -0.1) is 0 Å². The van der Waals surface area contributed by atoms with Crippen LogP contribution >= 0.6 is 95.6 Å². The van der Waals surface area contributed by atoms with Crippen molar-refractivity contribution in [2.45, 2.75) is 157 Å². The first-order chi connectivity index (χ1) is 63.3. The molecule has 0 saturated carbocycles. The van der Waals surface area contributed by atoms with Gasteiger partial charge in [0.05, 0.1) is 44.3 Å². The molecule has 0 bridgehead atoms. The first-order valence-electron chi connectivity index (χ1n) is 43.5. The first kappa shape index (κ1) is 101. The number of hydrogen-bond acceptors (Lipinski definition) is 19. The van der Waals surface area contributed by atoms with Crippen LogP contribution in [-0.2, 0) is 57.9 Å². The molecule has 680 valence electrons. The Morgan fingerprint density at radius 2 is 0.758 bits per heavy atom. The highest BCUT2D eigenvalue weighted by Gasteiger charge is 2.52. The largest absolute Gasteiger partial charge is 0.494 e. The Kier molecular flexibility index (Phi) is 36.4. The minimum atomic E-state index is -1.38.